The van der Waals surface area contributed by atoms with Crippen molar-refractivity contribution in [2.75, 3.05) is 48.4 Å². The van der Waals surface area contributed by atoms with Crippen molar-refractivity contribution >= 4 is 23.1 Å². The van der Waals surface area contributed by atoms with Crippen LogP contribution in [0.25, 0.3) is 0 Å². The number of ether oxygens (including phenoxy) is 1. The SMILES string of the molecule is Fc1ccc(CCNc2cnnc(Nc3ccccc3N3CCOCC3)n2)cc1. The first kappa shape index (κ1) is 19.1. The molecule has 0 amide bonds. The van der Waals surface area contributed by atoms with Gasteiger partial charge in [0.25, 0.3) is 0 Å². The summed E-state index contributed by atoms with van der Waals surface area (Å²) in [6, 6.07) is 14.6. The highest BCUT2D eigenvalue weighted by Crippen LogP contribution is 2.28. The Balaban J connectivity index is 1.39. The van der Waals surface area contributed by atoms with Crippen molar-refractivity contribution in [2.24, 2.45) is 0 Å². The van der Waals surface area contributed by atoms with Gasteiger partial charge in [-0.05, 0) is 36.2 Å². The summed E-state index contributed by atoms with van der Waals surface area (Å²) >= 11 is 0. The Kier molecular flexibility index (Phi) is 6.11. The molecule has 0 radical (unpaired) electrons. The topological polar surface area (TPSA) is 75.2 Å². The van der Waals surface area contributed by atoms with E-state index < -0.39 is 0 Å². The van der Waals surface area contributed by atoms with Crippen LogP contribution in [0.15, 0.2) is 54.7 Å². The van der Waals surface area contributed by atoms with Crippen LogP contribution in [0.1, 0.15) is 5.56 Å². The Bertz CT molecular complexity index is 930. The summed E-state index contributed by atoms with van der Waals surface area (Å²) < 4.78 is 18.4. The average Bonchev–Trinajstić information content (AvgIpc) is 2.76. The molecule has 0 spiro atoms. The van der Waals surface area contributed by atoms with Crippen LogP contribution in [0, 0.1) is 5.82 Å². The largest absolute Gasteiger partial charge is 0.378 e. The van der Waals surface area contributed by atoms with Gasteiger partial charge in [0.1, 0.15) is 5.82 Å². The molecule has 2 heterocycles. The van der Waals surface area contributed by atoms with Crippen LogP contribution in [0.5, 0.6) is 0 Å². The van der Waals surface area contributed by atoms with E-state index in [9.17, 15) is 4.39 Å². The molecule has 1 saturated heterocycles. The highest BCUT2D eigenvalue weighted by atomic mass is 19.1. The molecular formula is C21H23FN6O. The smallest absolute Gasteiger partial charge is 0.249 e. The highest BCUT2D eigenvalue weighted by molar-refractivity contribution is 5.73. The lowest BCUT2D eigenvalue weighted by Gasteiger charge is -2.30. The van der Waals surface area contributed by atoms with Crippen LogP contribution in [0.2, 0.25) is 0 Å². The summed E-state index contributed by atoms with van der Waals surface area (Å²) in [5.41, 5.74) is 3.08. The summed E-state index contributed by atoms with van der Waals surface area (Å²) in [5, 5.41) is 14.7. The zero-order chi connectivity index (χ0) is 19.9. The first-order valence-corrected chi connectivity index (χ1v) is 9.65. The maximum absolute atomic E-state index is 13.0. The predicted octanol–water partition coefficient (Wildman–Crippen LogP) is 3.25. The Morgan fingerprint density at radius 1 is 1.03 bits per heavy atom. The highest BCUT2D eigenvalue weighted by Gasteiger charge is 2.15. The van der Waals surface area contributed by atoms with E-state index in [1.165, 1.54) is 12.1 Å². The Labute approximate surface area is 168 Å². The van der Waals surface area contributed by atoms with Crippen molar-refractivity contribution in [3.05, 3.63) is 66.1 Å². The maximum Gasteiger partial charge on any atom is 0.249 e. The van der Waals surface area contributed by atoms with E-state index in [0.29, 0.717) is 18.3 Å². The van der Waals surface area contributed by atoms with Crippen molar-refractivity contribution in [3.63, 3.8) is 0 Å². The van der Waals surface area contributed by atoms with Crippen LogP contribution in [-0.2, 0) is 11.2 Å². The molecule has 4 rings (SSSR count). The molecule has 0 unspecified atom stereocenters. The van der Waals surface area contributed by atoms with E-state index in [4.69, 9.17) is 4.74 Å². The molecule has 2 aromatic carbocycles. The Hall–Kier alpha value is -3.26. The summed E-state index contributed by atoms with van der Waals surface area (Å²) in [6.45, 7) is 3.80. The molecule has 0 atom stereocenters. The standard InChI is InChI=1S/C21H23FN6O/c22-17-7-5-16(6-8-17)9-10-23-20-15-24-27-21(26-20)25-18-3-1-2-4-19(18)28-11-13-29-14-12-28/h1-8,15H,9-14H2,(H2,23,25,26,27). The Morgan fingerprint density at radius 2 is 1.83 bits per heavy atom. The van der Waals surface area contributed by atoms with Gasteiger partial charge in [-0.3, -0.25) is 0 Å². The van der Waals surface area contributed by atoms with Crippen molar-refractivity contribution in [1.82, 2.24) is 15.2 Å². The zero-order valence-corrected chi connectivity index (χ0v) is 16.0. The third kappa shape index (κ3) is 5.17. The first-order valence-electron chi connectivity index (χ1n) is 9.65. The number of nitrogens with zero attached hydrogens (tertiary/aromatic N) is 4. The van der Waals surface area contributed by atoms with Crippen LogP contribution in [-0.4, -0.2) is 48.0 Å². The molecule has 0 bridgehead atoms. The van der Waals surface area contributed by atoms with Crippen molar-refractivity contribution in [2.45, 2.75) is 6.42 Å². The fourth-order valence-corrected chi connectivity index (χ4v) is 3.21. The quantitative estimate of drug-likeness (QED) is 0.637. The zero-order valence-electron chi connectivity index (χ0n) is 16.0. The van der Waals surface area contributed by atoms with Gasteiger partial charge >= 0.3 is 0 Å². The van der Waals surface area contributed by atoms with Gasteiger partial charge in [0.2, 0.25) is 5.95 Å². The van der Waals surface area contributed by atoms with Crippen LogP contribution in [0.3, 0.4) is 0 Å². The second-order valence-corrected chi connectivity index (χ2v) is 6.71. The Morgan fingerprint density at radius 3 is 2.66 bits per heavy atom. The molecule has 0 saturated carbocycles. The normalized spacial score (nSPS) is 13.9. The second kappa shape index (κ2) is 9.29. The summed E-state index contributed by atoms with van der Waals surface area (Å²) in [6.07, 6.45) is 2.34. The minimum atomic E-state index is -0.227. The number of anilines is 4. The molecular weight excluding hydrogens is 371 g/mol. The van der Waals surface area contributed by atoms with Gasteiger partial charge in [-0.2, -0.15) is 10.1 Å². The van der Waals surface area contributed by atoms with Crippen LogP contribution in [0.4, 0.5) is 27.5 Å². The average molecular weight is 394 g/mol. The minimum absolute atomic E-state index is 0.227. The number of nitrogens with one attached hydrogen (secondary N) is 2. The molecule has 1 aliphatic heterocycles. The third-order valence-corrected chi connectivity index (χ3v) is 4.69. The molecule has 150 valence electrons. The fraction of sp³-hybridized carbons (Fsp3) is 0.286. The van der Waals surface area contributed by atoms with Crippen LogP contribution < -0.4 is 15.5 Å². The molecule has 7 nitrogen and oxygen atoms in total. The number of benzene rings is 2. The predicted molar refractivity (Wildman–Crippen MR) is 111 cm³/mol. The van der Waals surface area contributed by atoms with Gasteiger partial charge in [0.15, 0.2) is 5.82 Å². The van der Waals surface area contributed by atoms with Gasteiger partial charge in [0.05, 0.1) is 30.8 Å². The van der Waals surface area contributed by atoms with Crippen molar-refractivity contribution < 1.29 is 9.13 Å². The second-order valence-electron chi connectivity index (χ2n) is 6.71. The number of halogens is 1. The van der Waals surface area contributed by atoms with Gasteiger partial charge in [-0.1, -0.05) is 24.3 Å². The summed E-state index contributed by atoms with van der Waals surface area (Å²) in [5.74, 6) is 0.834. The molecule has 3 aromatic rings. The first-order chi connectivity index (χ1) is 14.3. The third-order valence-electron chi connectivity index (χ3n) is 4.69. The van der Waals surface area contributed by atoms with E-state index in [0.717, 1.165) is 49.7 Å². The molecule has 8 heteroatoms. The number of para-hydroxylation sites is 2. The molecule has 1 fully saturated rings. The van der Waals surface area contributed by atoms with E-state index in [1.54, 1.807) is 18.3 Å². The molecule has 2 N–H and O–H groups in total. The summed E-state index contributed by atoms with van der Waals surface area (Å²) in [7, 11) is 0. The molecule has 1 aliphatic rings. The lowest BCUT2D eigenvalue weighted by Crippen LogP contribution is -2.36. The van der Waals surface area contributed by atoms with Gasteiger partial charge in [0, 0.05) is 19.6 Å². The lowest BCUT2D eigenvalue weighted by molar-refractivity contribution is 0.123. The van der Waals surface area contributed by atoms with Crippen molar-refractivity contribution in [1.29, 1.82) is 0 Å². The molecule has 29 heavy (non-hydrogen) atoms. The van der Waals surface area contributed by atoms with E-state index in [2.05, 4.69) is 36.8 Å². The van der Waals surface area contributed by atoms with Gasteiger partial charge < -0.3 is 20.3 Å². The number of rotatable bonds is 7. The molecule has 1 aromatic heterocycles. The lowest BCUT2D eigenvalue weighted by atomic mass is 10.1. The monoisotopic (exact) mass is 394 g/mol. The van der Waals surface area contributed by atoms with Crippen molar-refractivity contribution in [3.8, 4) is 0 Å². The van der Waals surface area contributed by atoms with E-state index in [1.807, 2.05) is 18.2 Å². The summed E-state index contributed by atoms with van der Waals surface area (Å²) in [4.78, 5) is 6.78. The van der Waals surface area contributed by atoms with Gasteiger partial charge in [-0.15, -0.1) is 5.10 Å². The number of hydrogen-bond acceptors (Lipinski definition) is 7. The van der Waals surface area contributed by atoms with Crippen LogP contribution >= 0.6 is 0 Å². The van der Waals surface area contributed by atoms with Gasteiger partial charge in [-0.25, -0.2) is 4.39 Å². The number of aromatic nitrogens is 3. The van der Waals surface area contributed by atoms with E-state index in [-0.39, 0.29) is 5.82 Å². The fourth-order valence-electron chi connectivity index (χ4n) is 3.21. The number of hydrogen-bond donors (Lipinski definition) is 2. The van der Waals surface area contributed by atoms with E-state index >= 15 is 0 Å². The maximum atomic E-state index is 13.0. The minimum Gasteiger partial charge on any atom is -0.378 e. The molecule has 0 aliphatic carbocycles. The number of morpholine rings is 1.